The SMILES string of the molecule is COc1ccccc1-c1nc(NC(=O)c2cnc3ccccc3n2)n[nH]1. The van der Waals surface area contributed by atoms with Gasteiger partial charge in [0, 0.05) is 0 Å². The monoisotopic (exact) mass is 346 g/mol. The minimum Gasteiger partial charge on any atom is -0.496 e. The number of anilines is 1. The van der Waals surface area contributed by atoms with Crippen LogP contribution in [0.1, 0.15) is 10.5 Å². The summed E-state index contributed by atoms with van der Waals surface area (Å²) in [6.45, 7) is 0. The molecule has 2 heterocycles. The van der Waals surface area contributed by atoms with Gasteiger partial charge in [0.25, 0.3) is 5.91 Å². The van der Waals surface area contributed by atoms with E-state index in [4.69, 9.17) is 4.74 Å². The predicted molar refractivity (Wildman–Crippen MR) is 95.9 cm³/mol. The molecule has 0 aliphatic carbocycles. The number of para-hydroxylation sites is 3. The van der Waals surface area contributed by atoms with Crippen LogP contribution in [0.5, 0.6) is 5.75 Å². The van der Waals surface area contributed by atoms with E-state index >= 15 is 0 Å². The molecule has 0 atom stereocenters. The molecule has 0 saturated heterocycles. The fourth-order valence-corrected chi connectivity index (χ4v) is 2.51. The normalized spacial score (nSPS) is 10.7. The Balaban J connectivity index is 1.57. The molecular formula is C18H14N6O2. The third kappa shape index (κ3) is 2.95. The van der Waals surface area contributed by atoms with Crippen molar-refractivity contribution >= 4 is 22.9 Å². The summed E-state index contributed by atoms with van der Waals surface area (Å²) < 4.78 is 5.31. The summed E-state index contributed by atoms with van der Waals surface area (Å²) in [6, 6.07) is 14.7. The summed E-state index contributed by atoms with van der Waals surface area (Å²) in [6.07, 6.45) is 1.42. The molecule has 0 spiro atoms. The number of rotatable bonds is 4. The van der Waals surface area contributed by atoms with Gasteiger partial charge in [-0.1, -0.05) is 24.3 Å². The van der Waals surface area contributed by atoms with Crippen molar-refractivity contribution in [2.24, 2.45) is 0 Å². The van der Waals surface area contributed by atoms with E-state index in [1.807, 2.05) is 42.5 Å². The third-order valence-electron chi connectivity index (χ3n) is 3.75. The second-order valence-corrected chi connectivity index (χ2v) is 5.41. The Bertz CT molecular complexity index is 1090. The van der Waals surface area contributed by atoms with Gasteiger partial charge in [0.05, 0.1) is 29.9 Å². The molecule has 1 amide bonds. The summed E-state index contributed by atoms with van der Waals surface area (Å²) >= 11 is 0. The van der Waals surface area contributed by atoms with Crippen molar-refractivity contribution in [2.75, 3.05) is 12.4 Å². The zero-order valence-electron chi connectivity index (χ0n) is 13.8. The number of aromatic amines is 1. The Morgan fingerprint density at radius 1 is 1.04 bits per heavy atom. The minimum atomic E-state index is -0.436. The van der Waals surface area contributed by atoms with Gasteiger partial charge in [-0.2, -0.15) is 4.98 Å². The molecular weight excluding hydrogens is 332 g/mol. The summed E-state index contributed by atoms with van der Waals surface area (Å²) in [5, 5.41) is 9.43. The molecule has 26 heavy (non-hydrogen) atoms. The molecule has 8 heteroatoms. The predicted octanol–water partition coefficient (Wildman–Crippen LogP) is 2.68. The van der Waals surface area contributed by atoms with E-state index in [0.717, 1.165) is 11.1 Å². The van der Waals surface area contributed by atoms with Crippen LogP contribution in [0.25, 0.3) is 22.4 Å². The van der Waals surface area contributed by atoms with Gasteiger partial charge in [0.15, 0.2) is 5.82 Å². The molecule has 0 fully saturated rings. The highest BCUT2D eigenvalue weighted by atomic mass is 16.5. The van der Waals surface area contributed by atoms with Crippen molar-refractivity contribution < 1.29 is 9.53 Å². The van der Waals surface area contributed by atoms with Crippen LogP contribution in [-0.4, -0.2) is 38.2 Å². The van der Waals surface area contributed by atoms with Crippen molar-refractivity contribution in [1.29, 1.82) is 0 Å². The Morgan fingerprint density at radius 2 is 1.81 bits per heavy atom. The van der Waals surface area contributed by atoms with Gasteiger partial charge in [-0.3, -0.25) is 20.2 Å². The number of amides is 1. The van der Waals surface area contributed by atoms with Crippen LogP contribution in [0.4, 0.5) is 5.95 Å². The maximum atomic E-state index is 12.4. The average Bonchev–Trinajstić information content (AvgIpc) is 3.15. The smallest absolute Gasteiger partial charge is 0.278 e. The van der Waals surface area contributed by atoms with E-state index in [9.17, 15) is 4.79 Å². The second kappa shape index (κ2) is 6.60. The maximum absolute atomic E-state index is 12.4. The van der Waals surface area contributed by atoms with Crippen molar-refractivity contribution in [2.45, 2.75) is 0 Å². The number of ether oxygens (including phenoxy) is 1. The lowest BCUT2D eigenvalue weighted by molar-refractivity contribution is 0.102. The molecule has 2 aromatic heterocycles. The lowest BCUT2D eigenvalue weighted by atomic mass is 10.2. The molecule has 2 N–H and O–H groups in total. The first-order valence-corrected chi connectivity index (χ1v) is 7.83. The van der Waals surface area contributed by atoms with E-state index in [2.05, 4.69) is 30.5 Å². The van der Waals surface area contributed by atoms with Crippen LogP contribution in [0.15, 0.2) is 54.7 Å². The first kappa shape index (κ1) is 15.7. The van der Waals surface area contributed by atoms with Crippen molar-refractivity contribution in [3.05, 3.63) is 60.4 Å². The average molecular weight is 346 g/mol. The standard InChI is InChI=1S/C18H14N6O2/c1-26-15-9-5-2-6-11(15)16-21-18(24-23-16)22-17(25)14-10-19-12-7-3-4-8-13(12)20-14/h2-10H,1H3,(H2,21,22,23,24,25). The number of nitrogens with one attached hydrogen (secondary N) is 2. The summed E-state index contributed by atoms with van der Waals surface area (Å²) in [7, 11) is 1.58. The zero-order valence-corrected chi connectivity index (χ0v) is 13.8. The van der Waals surface area contributed by atoms with Crippen molar-refractivity contribution in [3.63, 3.8) is 0 Å². The lowest BCUT2D eigenvalue weighted by Gasteiger charge is -2.04. The Hall–Kier alpha value is -3.81. The van der Waals surface area contributed by atoms with Crippen LogP contribution in [0, 0.1) is 0 Å². The number of nitrogens with zero attached hydrogens (tertiary/aromatic N) is 4. The highest BCUT2D eigenvalue weighted by molar-refractivity contribution is 6.02. The topological polar surface area (TPSA) is 106 Å². The number of carbonyl (C=O) groups is 1. The van der Waals surface area contributed by atoms with E-state index in [1.54, 1.807) is 13.2 Å². The number of aromatic nitrogens is 5. The highest BCUT2D eigenvalue weighted by Gasteiger charge is 2.14. The number of fused-ring (bicyclic) bond motifs is 1. The van der Waals surface area contributed by atoms with E-state index in [0.29, 0.717) is 17.1 Å². The molecule has 0 unspecified atom stereocenters. The fourth-order valence-electron chi connectivity index (χ4n) is 2.51. The van der Waals surface area contributed by atoms with Gasteiger partial charge in [-0.25, -0.2) is 4.98 Å². The molecule has 2 aromatic carbocycles. The Kier molecular flexibility index (Phi) is 3.98. The highest BCUT2D eigenvalue weighted by Crippen LogP contribution is 2.27. The third-order valence-corrected chi connectivity index (χ3v) is 3.75. The summed E-state index contributed by atoms with van der Waals surface area (Å²) in [4.78, 5) is 25.2. The van der Waals surface area contributed by atoms with Gasteiger partial charge >= 0.3 is 0 Å². The van der Waals surface area contributed by atoms with Crippen LogP contribution in [0.2, 0.25) is 0 Å². The first-order valence-electron chi connectivity index (χ1n) is 7.83. The summed E-state index contributed by atoms with van der Waals surface area (Å²) in [5.74, 6) is 0.851. The number of methoxy groups -OCH3 is 1. The van der Waals surface area contributed by atoms with E-state index < -0.39 is 5.91 Å². The van der Waals surface area contributed by atoms with Gasteiger partial charge in [0.2, 0.25) is 5.95 Å². The van der Waals surface area contributed by atoms with E-state index in [1.165, 1.54) is 6.20 Å². The van der Waals surface area contributed by atoms with Crippen LogP contribution < -0.4 is 10.1 Å². The molecule has 8 nitrogen and oxygen atoms in total. The maximum Gasteiger partial charge on any atom is 0.278 e. The number of H-pyrrole nitrogens is 1. The largest absolute Gasteiger partial charge is 0.496 e. The van der Waals surface area contributed by atoms with Crippen LogP contribution >= 0.6 is 0 Å². The molecule has 128 valence electrons. The molecule has 0 aliphatic heterocycles. The molecule has 4 aromatic rings. The minimum absolute atomic E-state index is 0.144. The molecule has 0 bridgehead atoms. The number of hydrogen-bond acceptors (Lipinski definition) is 6. The Labute approximate surface area is 148 Å². The molecule has 0 aliphatic rings. The number of benzene rings is 2. The molecule has 0 radical (unpaired) electrons. The second-order valence-electron chi connectivity index (χ2n) is 5.41. The lowest BCUT2D eigenvalue weighted by Crippen LogP contribution is -2.15. The van der Waals surface area contributed by atoms with Crippen molar-refractivity contribution in [3.8, 4) is 17.1 Å². The van der Waals surface area contributed by atoms with Crippen LogP contribution in [-0.2, 0) is 0 Å². The van der Waals surface area contributed by atoms with Gasteiger partial charge in [0.1, 0.15) is 11.4 Å². The number of carbonyl (C=O) groups excluding carboxylic acids is 1. The first-order chi connectivity index (χ1) is 12.7. The van der Waals surface area contributed by atoms with Crippen LogP contribution in [0.3, 0.4) is 0 Å². The zero-order chi connectivity index (χ0) is 17.9. The summed E-state index contributed by atoms with van der Waals surface area (Å²) in [5.41, 5.74) is 2.30. The number of hydrogen-bond donors (Lipinski definition) is 2. The molecule has 0 saturated carbocycles. The molecule has 4 rings (SSSR count). The fraction of sp³-hybridized carbons (Fsp3) is 0.0556. The van der Waals surface area contributed by atoms with Gasteiger partial charge in [-0.05, 0) is 24.3 Å². The quantitative estimate of drug-likeness (QED) is 0.588. The van der Waals surface area contributed by atoms with E-state index in [-0.39, 0.29) is 11.6 Å². The Morgan fingerprint density at radius 3 is 2.65 bits per heavy atom. The van der Waals surface area contributed by atoms with Gasteiger partial charge in [-0.15, -0.1) is 5.10 Å². The van der Waals surface area contributed by atoms with Crippen molar-refractivity contribution in [1.82, 2.24) is 25.1 Å². The van der Waals surface area contributed by atoms with Gasteiger partial charge < -0.3 is 4.74 Å².